The van der Waals surface area contributed by atoms with Crippen molar-refractivity contribution >= 4 is 11.8 Å². The molecule has 0 aromatic carbocycles. The average Bonchev–Trinajstić information content (AvgIpc) is 2.17. The topological polar surface area (TPSA) is 61.4 Å². The second-order valence-electron chi connectivity index (χ2n) is 3.59. The lowest BCUT2D eigenvalue weighted by Gasteiger charge is -2.19. The quantitative estimate of drug-likeness (QED) is 0.632. The van der Waals surface area contributed by atoms with E-state index >= 15 is 0 Å². The van der Waals surface area contributed by atoms with E-state index in [4.69, 9.17) is 0 Å². The first-order chi connectivity index (χ1) is 7.01. The largest absolute Gasteiger partial charge is 0.358 e. The Morgan fingerprint density at radius 1 is 1.40 bits per heavy atom. The van der Waals surface area contributed by atoms with Crippen molar-refractivity contribution in [1.82, 2.24) is 15.5 Å². The molecular weight excluding hydrogens is 194 g/mol. The van der Waals surface area contributed by atoms with Gasteiger partial charge in [0.25, 0.3) is 0 Å². The number of hydrogen-bond acceptors (Lipinski definition) is 3. The molecule has 1 unspecified atom stereocenters. The number of rotatable bonds is 6. The first-order valence-electron chi connectivity index (χ1n) is 5.19. The summed E-state index contributed by atoms with van der Waals surface area (Å²) in [6.45, 7) is 4.91. The number of nitrogens with one attached hydrogen (secondary N) is 2. The van der Waals surface area contributed by atoms with Crippen LogP contribution in [0.5, 0.6) is 0 Å². The Labute approximate surface area is 91.2 Å². The molecule has 0 radical (unpaired) electrons. The highest BCUT2D eigenvalue weighted by Gasteiger charge is 2.14. The molecule has 0 bridgehead atoms. The van der Waals surface area contributed by atoms with Crippen molar-refractivity contribution in [2.45, 2.75) is 26.3 Å². The van der Waals surface area contributed by atoms with Crippen LogP contribution < -0.4 is 10.6 Å². The van der Waals surface area contributed by atoms with Crippen LogP contribution in [0.3, 0.4) is 0 Å². The molecule has 88 valence electrons. The third kappa shape index (κ3) is 6.06. The fourth-order valence-electron chi connectivity index (χ4n) is 1.22. The first-order valence-corrected chi connectivity index (χ1v) is 5.19. The predicted molar refractivity (Wildman–Crippen MR) is 59.5 cm³/mol. The van der Waals surface area contributed by atoms with Gasteiger partial charge in [0, 0.05) is 26.6 Å². The van der Waals surface area contributed by atoms with Gasteiger partial charge in [-0.05, 0) is 13.5 Å². The fourth-order valence-corrected chi connectivity index (χ4v) is 1.22. The van der Waals surface area contributed by atoms with E-state index in [2.05, 4.69) is 10.6 Å². The third-order valence-electron chi connectivity index (χ3n) is 2.12. The average molecular weight is 215 g/mol. The molecular formula is C10H21N3O2. The van der Waals surface area contributed by atoms with Crippen molar-refractivity contribution in [2.75, 3.05) is 27.2 Å². The summed E-state index contributed by atoms with van der Waals surface area (Å²) in [5, 5.41) is 5.63. The van der Waals surface area contributed by atoms with Crippen molar-refractivity contribution in [3.63, 3.8) is 0 Å². The maximum atomic E-state index is 11.6. The Bertz CT molecular complexity index is 219. The Morgan fingerprint density at radius 2 is 2.00 bits per heavy atom. The van der Waals surface area contributed by atoms with Crippen LogP contribution in [-0.2, 0) is 9.59 Å². The standard InChI is InChI=1S/C10H21N3O2/c1-5-12-8(2)6-10(15)13(4)7-9(14)11-3/h8,12H,5-7H2,1-4H3,(H,11,14). The Kier molecular flexibility index (Phi) is 6.70. The van der Waals surface area contributed by atoms with Gasteiger partial charge in [-0.3, -0.25) is 9.59 Å². The molecule has 0 aliphatic rings. The minimum absolute atomic E-state index is 0.0212. The van der Waals surface area contributed by atoms with Gasteiger partial charge in [-0.15, -0.1) is 0 Å². The maximum Gasteiger partial charge on any atom is 0.239 e. The van der Waals surface area contributed by atoms with Crippen LogP contribution in [0.25, 0.3) is 0 Å². The zero-order chi connectivity index (χ0) is 11.8. The molecule has 0 heterocycles. The summed E-state index contributed by atoms with van der Waals surface area (Å²) >= 11 is 0. The number of carbonyl (C=O) groups is 2. The van der Waals surface area contributed by atoms with Crippen LogP contribution in [0, 0.1) is 0 Å². The van der Waals surface area contributed by atoms with Gasteiger partial charge < -0.3 is 15.5 Å². The first kappa shape index (κ1) is 13.9. The Hall–Kier alpha value is -1.10. The van der Waals surface area contributed by atoms with Crippen molar-refractivity contribution < 1.29 is 9.59 Å². The molecule has 1 atom stereocenters. The van der Waals surface area contributed by atoms with Gasteiger partial charge in [0.05, 0.1) is 6.54 Å². The van der Waals surface area contributed by atoms with E-state index in [0.29, 0.717) is 6.42 Å². The molecule has 0 aromatic heterocycles. The van der Waals surface area contributed by atoms with Crippen LogP contribution in [0.4, 0.5) is 0 Å². The summed E-state index contributed by atoms with van der Waals surface area (Å²) in [5.41, 5.74) is 0. The van der Waals surface area contributed by atoms with Gasteiger partial charge >= 0.3 is 0 Å². The molecule has 5 heteroatoms. The number of hydrogen-bond donors (Lipinski definition) is 2. The molecule has 0 aliphatic carbocycles. The monoisotopic (exact) mass is 215 g/mol. The van der Waals surface area contributed by atoms with Gasteiger partial charge in [0.2, 0.25) is 11.8 Å². The zero-order valence-corrected chi connectivity index (χ0v) is 9.96. The second-order valence-corrected chi connectivity index (χ2v) is 3.59. The molecule has 0 saturated carbocycles. The highest BCUT2D eigenvalue weighted by atomic mass is 16.2. The minimum Gasteiger partial charge on any atom is -0.358 e. The summed E-state index contributed by atoms with van der Waals surface area (Å²) < 4.78 is 0. The lowest BCUT2D eigenvalue weighted by atomic mass is 10.2. The molecule has 2 amide bonds. The molecule has 0 aliphatic heterocycles. The Balaban J connectivity index is 3.93. The van der Waals surface area contributed by atoms with Gasteiger partial charge in [-0.25, -0.2) is 0 Å². The zero-order valence-electron chi connectivity index (χ0n) is 9.96. The molecule has 15 heavy (non-hydrogen) atoms. The van der Waals surface area contributed by atoms with Gasteiger partial charge in [0.15, 0.2) is 0 Å². The van der Waals surface area contributed by atoms with E-state index in [0.717, 1.165) is 6.54 Å². The molecule has 0 aromatic rings. The molecule has 0 spiro atoms. The van der Waals surface area contributed by atoms with Crippen LogP contribution in [0.15, 0.2) is 0 Å². The Morgan fingerprint density at radius 3 is 2.47 bits per heavy atom. The molecule has 5 nitrogen and oxygen atoms in total. The van der Waals surface area contributed by atoms with E-state index in [-0.39, 0.29) is 24.4 Å². The van der Waals surface area contributed by atoms with E-state index in [1.54, 1.807) is 14.1 Å². The fraction of sp³-hybridized carbons (Fsp3) is 0.800. The normalized spacial score (nSPS) is 12.0. The molecule has 2 N–H and O–H groups in total. The van der Waals surface area contributed by atoms with Gasteiger partial charge in [-0.1, -0.05) is 6.92 Å². The smallest absolute Gasteiger partial charge is 0.239 e. The van der Waals surface area contributed by atoms with Crippen LogP contribution in [0.2, 0.25) is 0 Å². The van der Waals surface area contributed by atoms with E-state index in [1.165, 1.54) is 4.90 Å². The van der Waals surface area contributed by atoms with Gasteiger partial charge in [0.1, 0.15) is 0 Å². The summed E-state index contributed by atoms with van der Waals surface area (Å²) in [4.78, 5) is 24.0. The van der Waals surface area contributed by atoms with Crippen molar-refractivity contribution in [3.05, 3.63) is 0 Å². The predicted octanol–water partition coefficient (Wildman–Crippen LogP) is -0.421. The molecule has 0 saturated heterocycles. The summed E-state index contributed by atoms with van der Waals surface area (Å²) in [6, 6.07) is 0.148. The van der Waals surface area contributed by atoms with Gasteiger partial charge in [-0.2, -0.15) is 0 Å². The summed E-state index contributed by atoms with van der Waals surface area (Å²) in [7, 11) is 3.19. The number of carbonyl (C=O) groups excluding carboxylic acids is 2. The molecule has 0 fully saturated rings. The number of amides is 2. The van der Waals surface area contributed by atoms with E-state index in [1.807, 2.05) is 13.8 Å². The van der Waals surface area contributed by atoms with Crippen molar-refractivity contribution in [1.29, 1.82) is 0 Å². The van der Waals surface area contributed by atoms with E-state index < -0.39 is 0 Å². The minimum atomic E-state index is -0.151. The number of likely N-dealkylation sites (N-methyl/N-ethyl adjacent to an activating group) is 2. The summed E-state index contributed by atoms with van der Waals surface area (Å²) in [6.07, 6.45) is 0.418. The lowest BCUT2D eigenvalue weighted by molar-refractivity contribution is -0.134. The van der Waals surface area contributed by atoms with Crippen LogP contribution in [0.1, 0.15) is 20.3 Å². The summed E-state index contributed by atoms with van der Waals surface area (Å²) in [5.74, 6) is -0.172. The third-order valence-corrected chi connectivity index (χ3v) is 2.12. The molecule has 0 rings (SSSR count). The second kappa shape index (κ2) is 7.23. The van der Waals surface area contributed by atoms with Crippen LogP contribution >= 0.6 is 0 Å². The van der Waals surface area contributed by atoms with Crippen LogP contribution in [-0.4, -0.2) is 49.9 Å². The van der Waals surface area contributed by atoms with Crippen molar-refractivity contribution in [2.24, 2.45) is 0 Å². The maximum absolute atomic E-state index is 11.6. The highest BCUT2D eigenvalue weighted by Crippen LogP contribution is 1.96. The number of nitrogens with zero attached hydrogens (tertiary/aromatic N) is 1. The lowest BCUT2D eigenvalue weighted by Crippen LogP contribution is -2.39. The van der Waals surface area contributed by atoms with E-state index in [9.17, 15) is 9.59 Å². The SMILES string of the molecule is CCNC(C)CC(=O)N(C)CC(=O)NC. The highest BCUT2D eigenvalue weighted by molar-refractivity contribution is 5.84. The van der Waals surface area contributed by atoms with Crippen molar-refractivity contribution in [3.8, 4) is 0 Å².